The Labute approximate surface area is 191 Å². The van der Waals surface area contributed by atoms with Crippen LogP contribution in [-0.2, 0) is 6.61 Å². The van der Waals surface area contributed by atoms with E-state index in [0.717, 1.165) is 16.7 Å². The zero-order chi connectivity index (χ0) is 23.0. The van der Waals surface area contributed by atoms with Gasteiger partial charge in [-0.15, -0.1) is 0 Å². The summed E-state index contributed by atoms with van der Waals surface area (Å²) in [5, 5.41) is 4.19. The van der Waals surface area contributed by atoms with Gasteiger partial charge in [0.25, 0.3) is 5.56 Å². The van der Waals surface area contributed by atoms with E-state index in [9.17, 15) is 4.79 Å². The molecule has 0 fully saturated rings. The zero-order valence-electron chi connectivity index (χ0n) is 18.4. The first-order valence-electron chi connectivity index (χ1n) is 10.4. The highest BCUT2D eigenvalue weighted by Crippen LogP contribution is 2.28. The van der Waals surface area contributed by atoms with Gasteiger partial charge in [-0.3, -0.25) is 9.78 Å². The van der Waals surface area contributed by atoms with E-state index >= 15 is 0 Å². The molecule has 0 unspecified atom stereocenters. The molecular formula is C26H24N4O3. The fourth-order valence-corrected chi connectivity index (χ4v) is 3.16. The maximum atomic E-state index is 12.0. The number of nitrogens with zero attached hydrogens (tertiary/aromatic N) is 2. The molecule has 0 radical (unpaired) electrons. The van der Waals surface area contributed by atoms with E-state index in [2.05, 4.69) is 39.6 Å². The van der Waals surface area contributed by atoms with Crippen LogP contribution < -0.4 is 20.5 Å². The molecule has 0 saturated carbocycles. The Hall–Kier alpha value is -4.39. The number of benzene rings is 3. The van der Waals surface area contributed by atoms with Crippen molar-refractivity contribution in [2.45, 2.75) is 13.5 Å². The van der Waals surface area contributed by atoms with E-state index in [1.165, 1.54) is 11.6 Å². The number of H-pyrrole nitrogens is 1. The van der Waals surface area contributed by atoms with Gasteiger partial charge in [-0.2, -0.15) is 5.10 Å². The van der Waals surface area contributed by atoms with Gasteiger partial charge in [0.1, 0.15) is 6.61 Å². The van der Waals surface area contributed by atoms with Gasteiger partial charge < -0.3 is 9.47 Å². The molecule has 2 N–H and O–H groups in total. The van der Waals surface area contributed by atoms with E-state index in [1.54, 1.807) is 13.3 Å². The van der Waals surface area contributed by atoms with Gasteiger partial charge in [0.05, 0.1) is 19.0 Å². The van der Waals surface area contributed by atoms with E-state index in [-0.39, 0.29) is 11.5 Å². The van der Waals surface area contributed by atoms with Crippen LogP contribution >= 0.6 is 0 Å². The minimum atomic E-state index is -0.265. The van der Waals surface area contributed by atoms with Gasteiger partial charge in [-0.25, -0.2) is 10.4 Å². The van der Waals surface area contributed by atoms with E-state index in [0.29, 0.717) is 23.8 Å². The molecule has 0 atom stereocenters. The predicted octanol–water partition coefficient (Wildman–Crippen LogP) is 4.78. The second-order valence-corrected chi connectivity index (χ2v) is 7.40. The van der Waals surface area contributed by atoms with Crippen LogP contribution in [-0.4, -0.2) is 23.3 Å². The fourth-order valence-electron chi connectivity index (χ4n) is 3.16. The number of aromatic nitrogens is 2. The van der Waals surface area contributed by atoms with Crippen molar-refractivity contribution < 1.29 is 9.47 Å². The maximum absolute atomic E-state index is 12.0. The van der Waals surface area contributed by atoms with Crippen LogP contribution in [0.2, 0.25) is 0 Å². The zero-order valence-corrected chi connectivity index (χ0v) is 18.4. The number of hydrogen-bond donors (Lipinski definition) is 2. The fraction of sp³-hybridized carbons (Fsp3) is 0.115. The lowest BCUT2D eigenvalue weighted by molar-refractivity contribution is 0.284. The van der Waals surface area contributed by atoms with Crippen LogP contribution in [0.1, 0.15) is 16.7 Å². The van der Waals surface area contributed by atoms with Crippen molar-refractivity contribution in [2.75, 3.05) is 12.5 Å². The molecule has 0 bridgehead atoms. The van der Waals surface area contributed by atoms with Crippen molar-refractivity contribution in [1.82, 2.24) is 9.97 Å². The number of nitrogens with one attached hydrogen (secondary N) is 2. The summed E-state index contributed by atoms with van der Waals surface area (Å²) in [6, 6.07) is 24.7. The third-order valence-electron chi connectivity index (χ3n) is 4.90. The lowest BCUT2D eigenvalue weighted by Gasteiger charge is -2.11. The minimum absolute atomic E-state index is 0.252. The number of hydrazone groups is 1. The molecular weight excluding hydrogens is 416 g/mol. The van der Waals surface area contributed by atoms with Gasteiger partial charge in [0, 0.05) is 11.6 Å². The summed E-state index contributed by atoms with van der Waals surface area (Å²) < 4.78 is 11.4. The Morgan fingerprint density at radius 3 is 2.55 bits per heavy atom. The van der Waals surface area contributed by atoms with E-state index < -0.39 is 0 Å². The number of ether oxygens (including phenoxy) is 2. The van der Waals surface area contributed by atoms with Crippen LogP contribution in [0.15, 0.2) is 88.8 Å². The summed E-state index contributed by atoms with van der Waals surface area (Å²) in [5.74, 6) is 1.50. The van der Waals surface area contributed by atoms with Crippen LogP contribution in [0.5, 0.6) is 11.5 Å². The predicted molar refractivity (Wildman–Crippen MR) is 130 cm³/mol. The van der Waals surface area contributed by atoms with Gasteiger partial charge in [-0.05, 0) is 36.2 Å². The highest BCUT2D eigenvalue weighted by atomic mass is 16.5. The lowest BCUT2D eigenvalue weighted by atomic mass is 10.1. The second kappa shape index (κ2) is 10.3. The van der Waals surface area contributed by atoms with Crippen LogP contribution in [0.3, 0.4) is 0 Å². The van der Waals surface area contributed by atoms with Crippen molar-refractivity contribution >= 4 is 12.2 Å². The number of rotatable bonds is 8. The summed E-state index contributed by atoms with van der Waals surface area (Å²) in [6.45, 7) is 2.50. The number of hydrogen-bond acceptors (Lipinski definition) is 6. The average molecular weight is 441 g/mol. The Morgan fingerprint density at radius 1 is 1.00 bits per heavy atom. The number of methoxy groups -OCH3 is 1. The summed E-state index contributed by atoms with van der Waals surface area (Å²) in [5.41, 5.74) is 7.01. The standard InChI is InChI=1S/C26H24N4O3/c1-18-8-10-19(11-9-18)17-33-23-13-12-20(14-24(23)32-2)16-27-30-26-28-22(15-25(31)29-26)21-6-4-3-5-7-21/h3-16H,17H2,1-2H3,(H2,28,29,30,31)/b27-16+. The molecule has 4 aromatic rings. The third kappa shape index (κ3) is 5.86. The van der Waals surface area contributed by atoms with Gasteiger partial charge >= 0.3 is 0 Å². The smallest absolute Gasteiger partial charge is 0.252 e. The number of aryl methyl sites for hydroxylation is 1. The Balaban J connectivity index is 1.43. The van der Waals surface area contributed by atoms with Gasteiger partial charge in [0.2, 0.25) is 5.95 Å². The Morgan fingerprint density at radius 2 is 1.79 bits per heavy atom. The first-order chi connectivity index (χ1) is 16.1. The molecule has 0 aliphatic heterocycles. The van der Waals surface area contributed by atoms with Crippen LogP contribution in [0, 0.1) is 6.92 Å². The molecule has 7 heteroatoms. The van der Waals surface area contributed by atoms with Crippen molar-refractivity contribution in [3.8, 4) is 22.8 Å². The van der Waals surface area contributed by atoms with Crippen molar-refractivity contribution in [3.63, 3.8) is 0 Å². The summed E-state index contributed by atoms with van der Waals surface area (Å²) in [7, 11) is 1.59. The topological polar surface area (TPSA) is 88.6 Å². The van der Waals surface area contributed by atoms with Crippen molar-refractivity contribution in [2.24, 2.45) is 5.10 Å². The quantitative estimate of drug-likeness (QED) is 0.304. The number of aromatic amines is 1. The third-order valence-corrected chi connectivity index (χ3v) is 4.90. The Kier molecular flexibility index (Phi) is 6.80. The monoisotopic (exact) mass is 440 g/mol. The molecule has 4 rings (SSSR count). The SMILES string of the molecule is COc1cc(/C=N/Nc2nc(-c3ccccc3)cc(=O)[nH]2)ccc1OCc1ccc(C)cc1. The minimum Gasteiger partial charge on any atom is -0.493 e. The molecule has 7 nitrogen and oxygen atoms in total. The molecule has 1 aromatic heterocycles. The largest absolute Gasteiger partial charge is 0.493 e. The molecule has 0 saturated heterocycles. The van der Waals surface area contributed by atoms with E-state index in [4.69, 9.17) is 9.47 Å². The summed E-state index contributed by atoms with van der Waals surface area (Å²) in [6.07, 6.45) is 1.61. The molecule has 0 amide bonds. The van der Waals surface area contributed by atoms with Crippen molar-refractivity contribution in [1.29, 1.82) is 0 Å². The first kappa shape index (κ1) is 21.8. The van der Waals surface area contributed by atoms with Crippen molar-refractivity contribution in [3.05, 3.63) is 106 Å². The van der Waals surface area contributed by atoms with Gasteiger partial charge in [-0.1, -0.05) is 60.2 Å². The molecule has 0 aliphatic carbocycles. The summed E-state index contributed by atoms with van der Waals surface area (Å²) >= 11 is 0. The molecule has 0 spiro atoms. The first-order valence-corrected chi connectivity index (χ1v) is 10.4. The maximum Gasteiger partial charge on any atom is 0.252 e. The molecule has 1 heterocycles. The molecule has 33 heavy (non-hydrogen) atoms. The number of anilines is 1. The second-order valence-electron chi connectivity index (χ2n) is 7.40. The summed E-state index contributed by atoms with van der Waals surface area (Å²) in [4.78, 5) is 19.1. The highest BCUT2D eigenvalue weighted by Gasteiger charge is 2.06. The average Bonchev–Trinajstić information content (AvgIpc) is 2.84. The molecule has 166 valence electrons. The van der Waals surface area contributed by atoms with Gasteiger partial charge in [0.15, 0.2) is 11.5 Å². The Bertz CT molecular complexity index is 1300. The van der Waals surface area contributed by atoms with Crippen LogP contribution in [0.4, 0.5) is 5.95 Å². The highest BCUT2D eigenvalue weighted by molar-refractivity contribution is 5.81. The van der Waals surface area contributed by atoms with E-state index in [1.807, 2.05) is 60.7 Å². The molecule has 3 aromatic carbocycles. The normalized spacial score (nSPS) is 10.8. The van der Waals surface area contributed by atoms with Crippen LogP contribution in [0.25, 0.3) is 11.3 Å². The lowest BCUT2D eigenvalue weighted by Crippen LogP contribution is -2.10. The molecule has 0 aliphatic rings.